The number of aromatic nitrogens is 1. The summed E-state index contributed by atoms with van der Waals surface area (Å²) in [6.07, 6.45) is -2.26. The lowest BCUT2D eigenvalue weighted by molar-refractivity contribution is -0.174. The maximum atomic E-state index is 11.9. The van der Waals surface area contributed by atoms with Crippen LogP contribution in [-0.4, -0.2) is 31.4 Å². The summed E-state index contributed by atoms with van der Waals surface area (Å²) in [5.74, 6) is 0.376. The number of hydrogen-bond donors (Lipinski definition) is 2. The van der Waals surface area contributed by atoms with Crippen molar-refractivity contribution in [3.05, 3.63) is 23.4 Å². The minimum atomic E-state index is -4.29. The third-order valence-corrected chi connectivity index (χ3v) is 2.63. The zero-order valence-electron chi connectivity index (χ0n) is 10.9. The summed E-state index contributed by atoms with van der Waals surface area (Å²) in [6.45, 7) is 0.645. The highest BCUT2D eigenvalue weighted by molar-refractivity contribution is 5.42. The van der Waals surface area contributed by atoms with Gasteiger partial charge in [0.1, 0.15) is 12.4 Å². The number of alkyl halides is 3. The van der Waals surface area contributed by atoms with Crippen molar-refractivity contribution in [2.75, 3.05) is 26.0 Å². The van der Waals surface area contributed by atoms with E-state index in [0.29, 0.717) is 12.2 Å². The Morgan fingerprint density at radius 3 is 2.74 bits per heavy atom. The molecule has 3 N–H and O–H groups in total. The van der Waals surface area contributed by atoms with Gasteiger partial charge in [0.25, 0.3) is 0 Å². The molecule has 0 aromatic carbocycles. The lowest BCUT2D eigenvalue weighted by Gasteiger charge is -2.18. The van der Waals surface area contributed by atoms with Crippen LogP contribution in [-0.2, 0) is 4.74 Å². The fraction of sp³-hybridized carbons (Fsp3) is 0.583. The van der Waals surface area contributed by atoms with Crippen molar-refractivity contribution in [3.63, 3.8) is 0 Å². The van der Waals surface area contributed by atoms with E-state index < -0.39 is 12.8 Å². The van der Waals surface area contributed by atoms with Crippen LogP contribution in [0.5, 0.6) is 0 Å². The summed E-state index contributed by atoms with van der Waals surface area (Å²) in [5, 5.41) is 3.00. The van der Waals surface area contributed by atoms with Gasteiger partial charge in [0.15, 0.2) is 0 Å². The Morgan fingerprint density at radius 1 is 1.47 bits per heavy atom. The molecule has 0 spiro atoms. The van der Waals surface area contributed by atoms with Crippen LogP contribution in [0.2, 0.25) is 0 Å². The Hall–Kier alpha value is -1.34. The Kier molecular flexibility index (Phi) is 5.56. The van der Waals surface area contributed by atoms with Gasteiger partial charge in [-0.05, 0) is 32.0 Å². The Morgan fingerprint density at radius 2 is 2.16 bits per heavy atom. The molecule has 4 nitrogen and oxygen atoms in total. The van der Waals surface area contributed by atoms with E-state index in [4.69, 9.17) is 5.73 Å². The number of halogens is 3. The highest BCUT2D eigenvalue weighted by Crippen LogP contribution is 2.22. The molecular weight excluding hydrogens is 259 g/mol. The fourth-order valence-corrected chi connectivity index (χ4v) is 1.73. The van der Waals surface area contributed by atoms with Crippen LogP contribution in [0.3, 0.4) is 0 Å². The quantitative estimate of drug-likeness (QED) is 0.783. The van der Waals surface area contributed by atoms with Gasteiger partial charge in [-0.1, -0.05) is 0 Å². The minimum absolute atomic E-state index is 0.00159. The van der Waals surface area contributed by atoms with Gasteiger partial charge in [0.05, 0.1) is 0 Å². The zero-order valence-corrected chi connectivity index (χ0v) is 10.9. The van der Waals surface area contributed by atoms with E-state index in [1.165, 1.54) is 0 Å². The first-order valence-corrected chi connectivity index (χ1v) is 5.87. The molecule has 1 unspecified atom stereocenters. The lowest BCUT2D eigenvalue weighted by Crippen LogP contribution is -2.22. The van der Waals surface area contributed by atoms with Gasteiger partial charge in [0.2, 0.25) is 0 Å². The van der Waals surface area contributed by atoms with E-state index in [1.54, 1.807) is 13.2 Å². The van der Waals surface area contributed by atoms with Gasteiger partial charge in [-0.25, -0.2) is 4.98 Å². The molecule has 0 saturated carbocycles. The second-order valence-corrected chi connectivity index (χ2v) is 4.28. The normalized spacial score (nSPS) is 13.5. The van der Waals surface area contributed by atoms with Crippen LogP contribution in [0.1, 0.15) is 23.6 Å². The van der Waals surface area contributed by atoms with Crippen molar-refractivity contribution in [1.29, 1.82) is 0 Å². The number of nitrogen functional groups attached to an aromatic ring is 1. The molecule has 0 radical (unpaired) electrons. The monoisotopic (exact) mass is 277 g/mol. The molecule has 1 rings (SSSR count). The standard InChI is InChI=1S/C12H18F3N3O/c1-8-5-9(11(16)18-6-8)10(17-2)3-4-19-7-12(13,14)15/h5-6,10,17H,3-4,7H2,1-2H3,(H2,16,18). The highest BCUT2D eigenvalue weighted by Gasteiger charge is 2.27. The van der Waals surface area contributed by atoms with Crippen molar-refractivity contribution in [3.8, 4) is 0 Å². The number of aryl methyl sites for hydroxylation is 1. The van der Waals surface area contributed by atoms with E-state index in [2.05, 4.69) is 15.0 Å². The summed E-state index contributed by atoms with van der Waals surface area (Å²) < 4.78 is 40.4. The van der Waals surface area contributed by atoms with Crippen LogP contribution < -0.4 is 11.1 Å². The van der Waals surface area contributed by atoms with E-state index in [0.717, 1.165) is 11.1 Å². The van der Waals surface area contributed by atoms with Crippen molar-refractivity contribution in [2.24, 2.45) is 0 Å². The third kappa shape index (κ3) is 5.44. The Labute approximate surface area is 110 Å². The molecule has 1 heterocycles. The van der Waals surface area contributed by atoms with Crippen molar-refractivity contribution in [1.82, 2.24) is 10.3 Å². The summed E-state index contributed by atoms with van der Waals surface area (Å²) in [4.78, 5) is 4.03. The molecule has 108 valence electrons. The van der Waals surface area contributed by atoms with Crippen LogP contribution in [0.4, 0.5) is 19.0 Å². The summed E-state index contributed by atoms with van der Waals surface area (Å²) in [7, 11) is 1.72. The van der Waals surface area contributed by atoms with Gasteiger partial charge in [-0.2, -0.15) is 13.2 Å². The average molecular weight is 277 g/mol. The van der Waals surface area contributed by atoms with E-state index in [1.807, 2.05) is 13.0 Å². The van der Waals surface area contributed by atoms with Gasteiger partial charge < -0.3 is 15.8 Å². The van der Waals surface area contributed by atoms with Crippen LogP contribution in [0, 0.1) is 6.92 Å². The SMILES string of the molecule is CNC(CCOCC(F)(F)F)c1cc(C)cnc1N. The molecule has 19 heavy (non-hydrogen) atoms. The topological polar surface area (TPSA) is 60.2 Å². The molecule has 1 atom stereocenters. The molecule has 0 fully saturated rings. The predicted octanol–water partition coefficient (Wildman–Crippen LogP) is 2.20. The van der Waals surface area contributed by atoms with Crippen LogP contribution >= 0.6 is 0 Å². The second-order valence-electron chi connectivity index (χ2n) is 4.28. The second kappa shape index (κ2) is 6.72. The molecule has 7 heteroatoms. The van der Waals surface area contributed by atoms with Gasteiger partial charge in [-0.15, -0.1) is 0 Å². The van der Waals surface area contributed by atoms with Gasteiger partial charge in [-0.3, -0.25) is 0 Å². The molecule has 1 aromatic heterocycles. The number of rotatable bonds is 6. The Balaban J connectivity index is 2.56. The first kappa shape index (κ1) is 15.7. The average Bonchev–Trinajstić information content (AvgIpc) is 2.32. The number of ether oxygens (including phenoxy) is 1. The number of nitrogens with two attached hydrogens (primary N) is 1. The molecule has 0 aliphatic carbocycles. The van der Waals surface area contributed by atoms with Crippen molar-refractivity contribution >= 4 is 5.82 Å². The summed E-state index contributed by atoms with van der Waals surface area (Å²) in [5.41, 5.74) is 7.49. The molecule has 0 bridgehead atoms. The molecule has 1 aromatic rings. The van der Waals surface area contributed by atoms with E-state index >= 15 is 0 Å². The first-order valence-electron chi connectivity index (χ1n) is 5.87. The molecule has 0 aliphatic heterocycles. The number of nitrogens with one attached hydrogen (secondary N) is 1. The van der Waals surface area contributed by atoms with Crippen molar-refractivity contribution in [2.45, 2.75) is 25.6 Å². The first-order chi connectivity index (χ1) is 8.83. The lowest BCUT2D eigenvalue weighted by atomic mass is 10.0. The number of anilines is 1. The largest absolute Gasteiger partial charge is 0.411 e. The molecule has 0 saturated heterocycles. The maximum absolute atomic E-state index is 11.9. The van der Waals surface area contributed by atoms with E-state index in [-0.39, 0.29) is 12.6 Å². The molecular formula is C12H18F3N3O. The van der Waals surface area contributed by atoms with Gasteiger partial charge >= 0.3 is 6.18 Å². The van der Waals surface area contributed by atoms with Crippen molar-refractivity contribution < 1.29 is 17.9 Å². The minimum Gasteiger partial charge on any atom is -0.383 e. The van der Waals surface area contributed by atoms with Crippen LogP contribution in [0.15, 0.2) is 12.3 Å². The summed E-state index contributed by atoms with van der Waals surface area (Å²) in [6, 6.07) is 1.69. The zero-order chi connectivity index (χ0) is 14.5. The summed E-state index contributed by atoms with van der Waals surface area (Å²) >= 11 is 0. The maximum Gasteiger partial charge on any atom is 0.411 e. The smallest absolute Gasteiger partial charge is 0.383 e. The van der Waals surface area contributed by atoms with E-state index in [9.17, 15) is 13.2 Å². The third-order valence-electron chi connectivity index (χ3n) is 2.63. The number of pyridine rings is 1. The predicted molar refractivity (Wildman–Crippen MR) is 66.7 cm³/mol. The van der Waals surface area contributed by atoms with Crippen LogP contribution in [0.25, 0.3) is 0 Å². The highest BCUT2D eigenvalue weighted by atomic mass is 19.4. The molecule has 0 aliphatic rings. The number of hydrogen-bond acceptors (Lipinski definition) is 4. The Bertz CT molecular complexity index is 410. The molecule has 0 amide bonds. The van der Waals surface area contributed by atoms with Gasteiger partial charge in [0, 0.05) is 24.4 Å². The fourth-order valence-electron chi connectivity index (χ4n) is 1.73. The number of nitrogens with zero attached hydrogens (tertiary/aromatic N) is 1.